The van der Waals surface area contributed by atoms with Gasteiger partial charge in [0.2, 0.25) is 0 Å². The minimum Gasteiger partial charge on any atom is -0.465 e. The maximum absolute atomic E-state index is 14.1. The third kappa shape index (κ3) is 8.39. The lowest BCUT2D eigenvalue weighted by molar-refractivity contribution is -0.0616. The molecule has 0 N–H and O–H groups in total. The molecule has 10 heteroatoms. The van der Waals surface area contributed by atoms with Crippen LogP contribution in [0.3, 0.4) is 0 Å². The second-order valence-electron chi connectivity index (χ2n) is 10.5. The highest BCUT2D eigenvalue weighted by atomic mass is 32.3. The molecule has 0 fully saturated rings. The highest BCUT2D eigenvalue weighted by molar-refractivity contribution is 8.33. The Kier molecular flexibility index (Phi) is 11.6. The lowest BCUT2D eigenvalue weighted by Gasteiger charge is -2.39. The van der Waals surface area contributed by atoms with E-state index in [0.717, 1.165) is 11.3 Å². The SMILES string of the molecule is CCOC(C)Oc1ccc(S(OS(=O)(=O)c2ccc(C)cc2)(c2ccc(OC(C)OCC)cc2)c2ccc(N(C)C)cc2)cc1. The molecule has 0 bridgehead atoms. The molecule has 0 radical (unpaired) electrons. The van der Waals surface area contributed by atoms with E-state index in [1.165, 1.54) is 0 Å². The summed E-state index contributed by atoms with van der Waals surface area (Å²) in [5.74, 6) is 1.18. The van der Waals surface area contributed by atoms with Crippen LogP contribution in [0.2, 0.25) is 0 Å². The van der Waals surface area contributed by atoms with Gasteiger partial charge < -0.3 is 23.8 Å². The van der Waals surface area contributed by atoms with Crippen molar-refractivity contribution in [3.63, 3.8) is 0 Å². The quantitative estimate of drug-likeness (QED) is 0.119. The zero-order valence-electron chi connectivity index (χ0n) is 26.9. The van der Waals surface area contributed by atoms with Crippen molar-refractivity contribution in [2.75, 3.05) is 32.2 Å². The number of ether oxygens (including phenoxy) is 4. The summed E-state index contributed by atoms with van der Waals surface area (Å²) in [7, 11) is -3.22. The molecule has 8 nitrogen and oxygen atoms in total. The van der Waals surface area contributed by atoms with Gasteiger partial charge in [-0.3, -0.25) is 0 Å². The van der Waals surface area contributed by atoms with Gasteiger partial charge in [0.05, 0.1) is 4.90 Å². The smallest absolute Gasteiger partial charge is 0.307 e. The second-order valence-corrected chi connectivity index (χ2v) is 15.0. The van der Waals surface area contributed by atoms with Crippen molar-refractivity contribution < 1.29 is 31.0 Å². The van der Waals surface area contributed by atoms with Crippen molar-refractivity contribution in [2.45, 2.75) is 66.8 Å². The van der Waals surface area contributed by atoms with Gasteiger partial charge in [0, 0.05) is 47.7 Å². The van der Waals surface area contributed by atoms with Crippen LogP contribution in [0.1, 0.15) is 33.3 Å². The summed E-state index contributed by atoms with van der Waals surface area (Å²) in [5, 5.41) is 0. The monoisotopic (exact) mass is 653 g/mol. The number of nitrogens with zero attached hydrogens (tertiary/aromatic N) is 1. The highest BCUT2D eigenvalue weighted by Gasteiger charge is 2.38. The molecule has 4 aromatic rings. The molecule has 242 valence electrons. The van der Waals surface area contributed by atoms with E-state index in [1.54, 1.807) is 24.3 Å². The van der Waals surface area contributed by atoms with Crippen LogP contribution in [0.15, 0.2) is 117 Å². The Labute approximate surface area is 269 Å². The van der Waals surface area contributed by atoms with E-state index in [2.05, 4.69) is 0 Å². The topological polar surface area (TPSA) is 83.5 Å². The molecule has 4 aromatic carbocycles. The van der Waals surface area contributed by atoms with Gasteiger partial charge in [0.1, 0.15) is 11.5 Å². The van der Waals surface area contributed by atoms with Crippen molar-refractivity contribution >= 4 is 26.1 Å². The van der Waals surface area contributed by atoms with E-state index in [4.69, 9.17) is 22.6 Å². The Bertz CT molecular complexity index is 1550. The largest absolute Gasteiger partial charge is 0.465 e. The van der Waals surface area contributed by atoms with Gasteiger partial charge in [0.15, 0.2) is 12.6 Å². The van der Waals surface area contributed by atoms with Crippen molar-refractivity contribution in [1.29, 1.82) is 0 Å². The molecule has 0 saturated carbocycles. The van der Waals surface area contributed by atoms with Crippen LogP contribution in [0.25, 0.3) is 0 Å². The standard InChI is InChI=1S/C35H43NO7S2/c1-8-39-27(4)41-30-14-22-33(23-15-30)44(32-20-12-29(13-21-32)36(6)7,43-45(37,38)35-18-10-26(3)11-19-35)34-24-16-31(17-25-34)42-28(5)40-9-2/h10-25,27-28H,8-9H2,1-7H3. The summed E-state index contributed by atoms with van der Waals surface area (Å²) in [4.78, 5) is 4.11. The van der Waals surface area contributed by atoms with Gasteiger partial charge >= 0.3 is 10.1 Å². The van der Waals surface area contributed by atoms with Gasteiger partial charge in [-0.25, -0.2) is 3.63 Å². The summed E-state index contributed by atoms with van der Waals surface area (Å²) in [5.41, 5.74) is 1.91. The molecule has 0 aliphatic heterocycles. The van der Waals surface area contributed by atoms with E-state index < -0.39 is 33.0 Å². The number of hydrogen-bond acceptors (Lipinski definition) is 8. The summed E-state index contributed by atoms with van der Waals surface area (Å²) in [6, 6.07) is 29.1. The summed E-state index contributed by atoms with van der Waals surface area (Å²) < 4.78 is 57.7. The Morgan fingerprint density at radius 1 is 0.600 bits per heavy atom. The van der Waals surface area contributed by atoms with Gasteiger partial charge in [0.25, 0.3) is 0 Å². The Hall–Kier alpha value is -3.54. The summed E-state index contributed by atoms with van der Waals surface area (Å²) >= 11 is 0. The lowest BCUT2D eigenvalue weighted by atomic mass is 10.2. The van der Waals surface area contributed by atoms with Gasteiger partial charge in [-0.2, -0.15) is 8.42 Å². The molecular formula is C35H43NO7S2. The fraction of sp³-hybridized carbons (Fsp3) is 0.314. The van der Waals surface area contributed by atoms with Crippen LogP contribution in [0, 0.1) is 6.92 Å². The fourth-order valence-electron chi connectivity index (χ4n) is 4.68. The molecule has 0 saturated heterocycles. The molecule has 2 unspecified atom stereocenters. The van der Waals surface area contributed by atoms with Crippen molar-refractivity contribution in [3.05, 3.63) is 103 Å². The number of anilines is 1. The molecule has 0 heterocycles. The van der Waals surface area contributed by atoms with E-state index in [0.29, 0.717) is 39.4 Å². The minimum atomic E-state index is -4.25. The van der Waals surface area contributed by atoms with Crippen molar-refractivity contribution in [1.82, 2.24) is 0 Å². The Balaban J connectivity index is 1.92. The second kappa shape index (κ2) is 15.2. The number of rotatable bonds is 15. The van der Waals surface area contributed by atoms with Gasteiger partial charge in [-0.1, -0.05) is 17.7 Å². The summed E-state index contributed by atoms with van der Waals surface area (Å²) in [6.07, 6.45) is -0.886. The van der Waals surface area contributed by atoms with Crippen LogP contribution in [0.4, 0.5) is 5.69 Å². The zero-order valence-corrected chi connectivity index (χ0v) is 28.6. The van der Waals surface area contributed by atoms with E-state index in [9.17, 15) is 8.42 Å². The number of hydrogen-bond donors (Lipinski definition) is 0. The van der Waals surface area contributed by atoms with Crippen LogP contribution in [-0.2, 0) is 23.2 Å². The average molecular weight is 654 g/mol. The molecule has 0 spiro atoms. The fourth-order valence-corrected chi connectivity index (χ4v) is 9.86. The first-order valence-electron chi connectivity index (χ1n) is 14.9. The van der Waals surface area contributed by atoms with E-state index in [-0.39, 0.29) is 4.90 Å². The molecule has 4 rings (SSSR count). The first-order chi connectivity index (χ1) is 21.5. The highest BCUT2D eigenvalue weighted by Crippen LogP contribution is 2.70. The van der Waals surface area contributed by atoms with Crippen molar-refractivity contribution in [3.8, 4) is 11.5 Å². The van der Waals surface area contributed by atoms with Crippen LogP contribution >= 0.6 is 10.3 Å². The maximum atomic E-state index is 14.1. The van der Waals surface area contributed by atoms with Gasteiger partial charge in [-0.05, 0) is 130 Å². The third-order valence-electron chi connectivity index (χ3n) is 6.90. The van der Waals surface area contributed by atoms with Crippen LogP contribution in [-0.4, -0.2) is 48.3 Å². The Morgan fingerprint density at radius 2 is 0.978 bits per heavy atom. The molecule has 0 aromatic heterocycles. The predicted octanol–water partition coefficient (Wildman–Crippen LogP) is 8.19. The average Bonchev–Trinajstić information content (AvgIpc) is 3.01. The Morgan fingerprint density at radius 3 is 1.36 bits per heavy atom. The number of aryl methyl sites for hydroxylation is 1. The van der Waals surface area contributed by atoms with Crippen molar-refractivity contribution in [2.24, 2.45) is 0 Å². The zero-order chi connectivity index (χ0) is 32.6. The van der Waals surface area contributed by atoms with E-state index in [1.807, 2.05) is 126 Å². The minimum absolute atomic E-state index is 0.0749. The first-order valence-corrected chi connectivity index (χ1v) is 17.9. The number of benzene rings is 4. The third-order valence-corrected chi connectivity index (χ3v) is 12.1. The first kappa shape index (κ1) is 34.3. The summed E-state index contributed by atoms with van der Waals surface area (Å²) in [6.45, 7) is 10.4. The molecule has 45 heavy (non-hydrogen) atoms. The van der Waals surface area contributed by atoms with Gasteiger partial charge in [-0.15, -0.1) is 0 Å². The predicted molar refractivity (Wildman–Crippen MR) is 179 cm³/mol. The maximum Gasteiger partial charge on any atom is 0.307 e. The molecule has 0 aliphatic carbocycles. The molecule has 2 atom stereocenters. The molecular weight excluding hydrogens is 611 g/mol. The lowest BCUT2D eigenvalue weighted by Crippen LogP contribution is -2.17. The molecule has 0 aliphatic rings. The molecule has 0 amide bonds. The normalized spacial score (nSPS) is 15.0. The van der Waals surface area contributed by atoms with Crippen LogP contribution < -0.4 is 14.4 Å². The van der Waals surface area contributed by atoms with E-state index >= 15 is 0 Å². The van der Waals surface area contributed by atoms with Crippen LogP contribution in [0.5, 0.6) is 11.5 Å².